The van der Waals surface area contributed by atoms with E-state index in [4.69, 9.17) is 4.52 Å². The molecule has 134 valence electrons. The van der Waals surface area contributed by atoms with Crippen LogP contribution in [-0.2, 0) is 11.3 Å². The summed E-state index contributed by atoms with van der Waals surface area (Å²) in [4.78, 5) is 19.5. The van der Waals surface area contributed by atoms with E-state index in [9.17, 15) is 4.79 Å². The Morgan fingerprint density at radius 2 is 1.88 bits per heavy atom. The first-order valence-electron chi connectivity index (χ1n) is 8.15. The molecule has 0 aliphatic heterocycles. The van der Waals surface area contributed by atoms with Crippen molar-refractivity contribution in [3.8, 4) is 11.4 Å². The zero-order valence-corrected chi connectivity index (χ0v) is 15.5. The second-order valence-electron chi connectivity index (χ2n) is 5.80. The van der Waals surface area contributed by atoms with Crippen LogP contribution in [0.4, 0.5) is 5.69 Å². The van der Waals surface area contributed by atoms with Gasteiger partial charge >= 0.3 is 0 Å². The number of likely N-dealkylation sites (N-methyl/N-ethyl adjacent to an activating group) is 1. The third kappa shape index (κ3) is 4.71. The van der Waals surface area contributed by atoms with E-state index in [1.165, 1.54) is 0 Å². The largest absolute Gasteiger partial charge is 0.338 e. The lowest BCUT2D eigenvalue weighted by Gasteiger charge is -2.15. The summed E-state index contributed by atoms with van der Waals surface area (Å²) in [5, 5.41) is 6.93. The van der Waals surface area contributed by atoms with Crippen LogP contribution in [0.25, 0.3) is 11.4 Å². The lowest BCUT2D eigenvalue weighted by atomic mass is 10.2. The second kappa shape index (κ2) is 8.64. The van der Waals surface area contributed by atoms with E-state index in [1.807, 2.05) is 72.8 Å². The van der Waals surface area contributed by atoms with Crippen LogP contribution < -0.4 is 5.32 Å². The molecule has 3 aromatic rings. The normalized spacial score (nSPS) is 10.9. The van der Waals surface area contributed by atoms with Crippen molar-refractivity contribution in [3.05, 3.63) is 60.5 Å². The van der Waals surface area contributed by atoms with Crippen LogP contribution >= 0.6 is 11.8 Å². The number of benzene rings is 2. The number of nitrogens with one attached hydrogen (secondary N) is 1. The molecule has 0 bridgehead atoms. The molecule has 3 rings (SSSR count). The molecule has 0 atom stereocenters. The molecule has 7 heteroatoms. The molecule has 0 saturated heterocycles. The Kier molecular flexibility index (Phi) is 6.04. The molecule has 0 spiro atoms. The molecule has 26 heavy (non-hydrogen) atoms. The number of carbonyl (C=O) groups excluding carboxylic acids is 1. The van der Waals surface area contributed by atoms with Crippen LogP contribution in [-0.4, -0.2) is 40.8 Å². The maximum absolute atomic E-state index is 12.3. The predicted octanol–water partition coefficient (Wildman–Crippen LogP) is 3.53. The van der Waals surface area contributed by atoms with E-state index >= 15 is 0 Å². The predicted molar refractivity (Wildman–Crippen MR) is 103 cm³/mol. The highest BCUT2D eigenvalue weighted by Gasteiger charge is 2.13. The first-order valence-corrected chi connectivity index (χ1v) is 9.37. The molecule has 0 aliphatic rings. The molecular weight excluding hydrogens is 348 g/mol. The molecule has 1 heterocycles. The Labute approximate surface area is 156 Å². The fourth-order valence-corrected chi connectivity index (χ4v) is 3.05. The molecule has 0 saturated carbocycles. The van der Waals surface area contributed by atoms with Crippen LogP contribution in [0.3, 0.4) is 0 Å². The van der Waals surface area contributed by atoms with Gasteiger partial charge in [-0.2, -0.15) is 4.98 Å². The lowest BCUT2D eigenvalue weighted by Crippen LogP contribution is -2.30. The van der Waals surface area contributed by atoms with Gasteiger partial charge < -0.3 is 9.84 Å². The number of rotatable bonds is 7. The number of amides is 1. The molecule has 2 aromatic carbocycles. The number of hydrogen-bond acceptors (Lipinski definition) is 6. The fraction of sp³-hybridized carbons (Fsp3) is 0.211. The Morgan fingerprint density at radius 3 is 2.65 bits per heavy atom. The summed E-state index contributed by atoms with van der Waals surface area (Å²) < 4.78 is 5.29. The summed E-state index contributed by atoms with van der Waals surface area (Å²) in [6.45, 7) is 0.628. The van der Waals surface area contributed by atoms with Crippen molar-refractivity contribution >= 4 is 23.4 Å². The standard InChI is InChI=1S/C19H20N4O2S/c1-23(12-17(24)20-15-10-6-7-11-16(15)26-2)13-18-21-19(22-25-18)14-8-4-3-5-9-14/h3-11H,12-13H2,1-2H3,(H,20,24). The van der Waals surface area contributed by atoms with Crippen LogP contribution in [0, 0.1) is 0 Å². The van der Waals surface area contributed by atoms with Crippen LogP contribution in [0.1, 0.15) is 5.89 Å². The highest BCUT2D eigenvalue weighted by atomic mass is 32.2. The summed E-state index contributed by atoms with van der Waals surface area (Å²) in [5.41, 5.74) is 1.72. The van der Waals surface area contributed by atoms with E-state index < -0.39 is 0 Å². The minimum atomic E-state index is -0.0863. The van der Waals surface area contributed by atoms with E-state index in [1.54, 1.807) is 11.8 Å². The van der Waals surface area contributed by atoms with Crippen molar-refractivity contribution < 1.29 is 9.32 Å². The smallest absolute Gasteiger partial charge is 0.241 e. The zero-order chi connectivity index (χ0) is 18.4. The number of anilines is 1. The van der Waals surface area contributed by atoms with Crippen molar-refractivity contribution in [2.75, 3.05) is 25.2 Å². The molecule has 0 radical (unpaired) electrons. The summed E-state index contributed by atoms with van der Waals surface area (Å²) in [6, 6.07) is 17.4. The zero-order valence-electron chi connectivity index (χ0n) is 14.7. The Bertz CT molecular complexity index is 867. The summed E-state index contributed by atoms with van der Waals surface area (Å²) in [6.07, 6.45) is 1.98. The molecule has 0 aliphatic carbocycles. The van der Waals surface area contributed by atoms with Gasteiger partial charge in [0.25, 0.3) is 0 Å². The molecule has 1 N–H and O–H groups in total. The van der Waals surface area contributed by atoms with Crippen molar-refractivity contribution in [2.24, 2.45) is 0 Å². The fourth-order valence-electron chi connectivity index (χ4n) is 2.49. The average Bonchev–Trinajstić information content (AvgIpc) is 3.11. The van der Waals surface area contributed by atoms with Crippen molar-refractivity contribution in [1.29, 1.82) is 0 Å². The summed E-state index contributed by atoms with van der Waals surface area (Å²) in [5.74, 6) is 0.938. The Balaban J connectivity index is 1.56. The maximum atomic E-state index is 12.3. The van der Waals surface area contributed by atoms with Gasteiger partial charge in [0.15, 0.2) is 0 Å². The van der Waals surface area contributed by atoms with Gasteiger partial charge in [0.05, 0.1) is 18.8 Å². The molecule has 6 nitrogen and oxygen atoms in total. The highest BCUT2D eigenvalue weighted by molar-refractivity contribution is 7.98. The third-order valence-electron chi connectivity index (χ3n) is 3.70. The maximum Gasteiger partial charge on any atom is 0.241 e. The van der Waals surface area contributed by atoms with Gasteiger partial charge in [-0.05, 0) is 25.4 Å². The molecule has 0 fully saturated rings. The number of aromatic nitrogens is 2. The average molecular weight is 368 g/mol. The second-order valence-corrected chi connectivity index (χ2v) is 6.65. The van der Waals surface area contributed by atoms with Gasteiger partial charge in [-0.15, -0.1) is 11.8 Å². The first-order chi connectivity index (χ1) is 12.7. The minimum absolute atomic E-state index is 0.0863. The van der Waals surface area contributed by atoms with Crippen LogP contribution in [0.15, 0.2) is 64.0 Å². The van der Waals surface area contributed by atoms with Gasteiger partial charge in [0.1, 0.15) is 0 Å². The third-order valence-corrected chi connectivity index (χ3v) is 4.50. The number of carbonyl (C=O) groups is 1. The van der Waals surface area contributed by atoms with Gasteiger partial charge in [-0.1, -0.05) is 47.6 Å². The quantitative estimate of drug-likeness (QED) is 0.643. The number of hydrogen-bond donors (Lipinski definition) is 1. The van der Waals surface area contributed by atoms with Crippen molar-refractivity contribution in [3.63, 3.8) is 0 Å². The Hall–Kier alpha value is -2.64. The minimum Gasteiger partial charge on any atom is -0.338 e. The van der Waals surface area contributed by atoms with Crippen molar-refractivity contribution in [2.45, 2.75) is 11.4 Å². The topological polar surface area (TPSA) is 71.3 Å². The van der Waals surface area contributed by atoms with E-state index in [0.717, 1.165) is 16.1 Å². The monoisotopic (exact) mass is 368 g/mol. The first kappa shape index (κ1) is 18.2. The van der Waals surface area contributed by atoms with Crippen molar-refractivity contribution in [1.82, 2.24) is 15.0 Å². The highest BCUT2D eigenvalue weighted by Crippen LogP contribution is 2.24. The number of thioether (sulfide) groups is 1. The van der Waals surface area contributed by atoms with Gasteiger partial charge in [0, 0.05) is 10.5 Å². The van der Waals surface area contributed by atoms with Gasteiger partial charge in [0.2, 0.25) is 17.6 Å². The molecule has 0 unspecified atom stereocenters. The van der Waals surface area contributed by atoms with E-state index in [0.29, 0.717) is 18.3 Å². The number of nitrogens with zero attached hydrogens (tertiary/aromatic N) is 3. The SMILES string of the molecule is CSc1ccccc1NC(=O)CN(C)Cc1nc(-c2ccccc2)no1. The summed E-state index contributed by atoms with van der Waals surface area (Å²) >= 11 is 1.60. The van der Waals surface area contributed by atoms with E-state index in [-0.39, 0.29) is 12.5 Å². The molecular formula is C19H20N4O2S. The van der Waals surface area contributed by atoms with Gasteiger partial charge in [-0.3, -0.25) is 9.69 Å². The lowest BCUT2D eigenvalue weighted by molar-refractivity contribution is -0.117. The Morgan fingerprint density at radius 1 is 1.15 bits per heavy atom. The summed E-state index contributed by atoms with van der Waals surface area (Å²) in [7, 11) is 1.84. The molecule has 1 aromatic heterocycles. The number of para-hydroxylation sites is 1. The van der Waals surface area contributed by atoms with Crippen LogP contribution in [0.2, 0.25) is 0 Å². The van der Waals surface area contributed by atoms with Gasteiger partial charge in [-0.25, -0.2) is 0 Å². The van der Waals surface area contributed by atoms with Crippen LogP contribution in [0.5, 0.6) is 0 Å². The van der Waals surface area contributed by atoms with E-state index in [2.05, 4.69) is 15.5 Å². The molecule has 1 amide bonds.